The molecule has 47 heavy (non-hydrogen) atoms. The van der Waals surface area contributed by atoms with Crippen molar-refractivity contribution in [3.05, 3.63) is 24.0 Å². The molecule has 0 bridgehead atoms. The molecule has 0 aromatic rings. The molecule has 5 aliphatic rings. The molecule has 0 spiro atoms. The highest BCUT2D eigenvalue weighted by atomic mass is 16.8. The molecule has 5 rings (SSSR count). The summed E-state index contributed by atoms with van der Waals surface area (Å²) in [5.74, 6) is -1.31. The van der Waals surface area contributed by atoms with Crippen LogP contribution in [0.4, 0.5) is 0 Å². The van der Waals surface area contributed by atoms with Gasteiger partial charge in [-0.15, -0.1) is 0 Å². The predicted molar refractivity (Wildman–Crippen MR) is 144 cm³/mol. The van der Waals surface area contributed by atoms with Gasteiger partial charge in [-0.3, -0.25) is 0 Å². The summed E-state index contributed by atoms with van der Waals surface area (Å²) in [6.07, 6.45) is -26.0. The SMILES string of the molecule is OCC1=C[C@H](O)[C@@]2(O[C@@H]3O[C@@H](CO)[C@H](O)[C@@H](O)[C@@H]3O[C@H]3O[C@@H](CO)[C@H](O)[C@@H](O)[C@@H]3O)C=CO[C@H](O[C@H]3O[C@@H](CO)[C@H](O)[C@@H](O)[C@@H]3O)[C@@H]12. The second-order valence-corrected chi connectivity index (χ2v) is 11.9. The first-order valence-electron chi connectivity index (χ1n) is 14.9. The van der Waals surface area contributed by atoms with Crippen molar-refractivity contribution in [2.75, 3.05) is 26.4 Å². The molecule has 3 fully saturated rings. The molecule has 13 N–H and O–H groups in total. The summed E-state index contributed by atoms with van der Waals surface area (Å²) >= 11 is 0. The minimum atomic E-state index is -2.02. The van der Waals surface area contributed by atoms with Crippen molar-refractivity contribution in [2.24, 2.45) is 5.92 Å². The number of fused-ring (bicyclic) bond motifs is 1. The molecule has 20 heteroatoms. The van der Waals surface area contributed by atoms with E-state index >= 15 is 0 Å². The lowest BCUT2D eigenvalue weighted by Crippen LogP contribution is -2.67. The van der Waals surface area contributed by atoms with Gasteiger partial charge >= 0.3 is 0 Å². The zero-order valence-corrected chi connectivity index (χ0v) is 24.6. The van der Waals surface area contributed by atoms with Crippen LogP contribution in [0, 0.1) is 5.92 Å². The number of rotatable bonds is 10. The highest BCUT2D eigenvalue weighted by Crippen LogP contribution is 2.48. The van der Waals surface area contributed by atoms with Crippen molar-refractivity contribution in [2.45, 2.75) is 110 Å². The van der Waals surface area contributed by atoms with Crippen LogP contribution in [0.2, 0.25) is 0 Å². The summed E-state index contributed by atoms with van der Waals surface area (Å²) < 4.78 is 39.8. The molecule has 270 valence electrons. The summed E-state index contributed by atoms with van der Waals surface area (Å²) in [4.78, 5) is 0. The fraction of sp³-hybridized carbons (Fsp3) is 0.852. The van der Waals surface area contributed by atoms with Gasteiger partial charge in [0.1, 0.15) is 85.0 Å². The maximum atomic E-state index is 11.3. The van der Waals surface area contributed by atoms with E-state index in [2.05, 4.69) is 0 Å². The zero-order chi connectivity index (χ0) is 34.4. The van der Waals surface area contributed by atoms with Crippen molar-refractivity contribution in [1.82, 2.24) is 0 Å². The molecule has 0 radical (unpaired) electrons. The van der Waals surface area contributed by atoms with Gasteiger partial charge in [-0.05, 0) is 11.6 Å². The van der Waals surface area contributed by atoms with Crippen LogP contribution < -0.4 is 0 Å². The molecule has 3 saturated heterocycles. The van der Waals surface area contributed by atoms with Crippen molar-refractivity contribution in [1.29, 1.82) is 0 Å². The van der Waals surface area contributed by atoms with Crippen LogP contribution >= 0.6 is 0 Å². The largest absolute Gasteiger partial charge is 0.472 e. The minimum Gasteiger partial charge on any atom is -0.472 e. The van der Waals surface area contributed by atoms with Crippen LogP contribution in [0.25, 0.3) is 0 Å². The highest BCUT2D eigenvalue weighted by molar-refractivity contribution is 5.34. The molecule has 4 aliphatic heterocycles. The molecule has 0 saturated carbocycles. The van der Waals surface area contributed by atoms with Crippen molar-refractivity contribution >= 4 is 0 Å². The molecular weight excluding hydrogens is 644 g/mol. The number of hydrogen-bond acceptors (Lipinski definition) is 20. The lowest BCUT2D eigenvalue weighted by molar-refractivity contribution is -0.388. The number of ether oxygens (including phenoxy) is 7. The predicted octanol–water partition coefficient (Wildman–Crippen LogP) is -8.04. The molecular formula is C27H42O20. The maximum Gasteiger partial charge on any atom is 0.211 e. The van der Waals surface area contributed by atoms with Crippen LogP contribution in [-0.2, 0) is 33.2 Å². The van der Waals surface area contributed by atoms with Crippen LogP contribution in [-0.4, -0.2) is 203 Å². The van der Waals surface area contributed by atoms with E-state index in [0.29, 0.717) is 0 Å². The molecule has 19 atom stereocenters. The van der Waals surface area contributed by atoms with Crippen LogP contribution in [0.15, 0.2) is 24.0 Å². The number of aliphatic hydroxyl groups excluding tert-OH is 13. The van der Waals surface area contributed by atoms with E-state index in [9.17, 15) is 66.4 Å². The molecule has 0 aromatic heterocycles. The Hall–Kier alpha value is -1.48. The van der Waals surface area contributed by atoms with E-state index < -0.39 is 142 Å². The molecule has 0 unspecified atom stereocenters. The van der Waals surface area contributed by atoms with E-state index in [-0.39, 0.29) is 5.57 Å². The summed E-state index contributed by atoms with van der Waals surface area (Å²) in [6, 6.07) is 0. The average Bonchev–Trinajstić information content (AvgIpc) is 3.35. The van der Waals surface area contributed by atoms with Crippen molar-refractivity contribution < 1.29 is 99.5 Å². The Morgan fingerprint density at radius 2 is 1.06 bits per heavy atom. The van der Waals surface area contributed by atoms with Gasteiger partial charge in [-0.25, -0.2) is 0 Å². The Bertz CT molecular complexity index is 1110. The summed E-state index contributed by atoms with van der Waals surface area (Å²) in [7, 11) is 0. The lowest BCUT2D eigenvalue weighted by Gasteiger charge is -2.50. The van der Waals surface area contributed by atoms with Gasteiger partial charge in [0.25, 0.3) is 0 Å². The Labute approximate surface area is 266 Å². The summed E-state index contributed by atoms with van der Waals surface area (Å²) in [5, 5.41) is 134. The highest BCUT2D eigenvalue weighted by Gasteiger charge is 2.61. The fourth-order valence-electron chi connectivity index (χ4n) is 6.39. The van der Waals surface area contributed by atoms with Crippen molar-refractivity contribution in [3.8, 4) is 0 Å². The summed E-state index contributed by atoms with van der Waals surface area (Å²) in [5.41, 5.74) is -1.95. The van der Waals surface area contributed by atoms with Gasteiger partial charge in [0, 0.05) is 0 Å². The summed E-state index contributed by atoms with van der Waals surface area (Å²) in [6.45, 7) is -3.11. The van der Waals surface area contributed by atoms with Crippen LogP contribution in [0.3, 0.4) is 0 Å². The molecule has 1 aliphatic carbocycles. The second kappa shape index (κ2) is 14.8. The van der Waals surface area contributed by atoms with E-state index in [0.717, 1.165) is 6.26 Å². The first-order chi connectivity index (χ1) is 22.3. The van der Waals surface area contributed by atoms with Gasteiger partial charge in [0.15, 0.2) is 18.9 Å². The molecule has 0 aromatic carbocycles. The van der Waals surface area contributed by atoms with Gasteiger partial charge < -0.3 is 99.5 Å². The van der Waals surface area contributed by atoms with Crippen LogP contribution in [0.1, 0.15) is 0 Å². The first kappa shape index (κ1) is 36.8. The normalized spacial score (nSPS) is 51.7. The number of hydrogen-bond donors (Lipinski definition) is 13. The van der Waals surface area contributed by atoms with E-state index in [1.165, 1.54) is 12.2 Å². The fourth-order valence-corrected chi connectivity index (χ4v) is 6.39. The average molecular weight is 687 g/mol. The van der Waals surface area contributed by atoms with Gasteiger partial charge in [0.05, 0.1) is 38.6 Å². The van der Waals surface area contributed by atoms with E-state index in [4.69, 9.17) is 33.2 Å². The minimum absolute atomic E-state index is 0.0675. The lowest BCUT2D eigenvalue weighted by atomic mass is 9.82. The Balaban J connectivity index is 1.44. The van der Waals surface area contributed by atoms with Crippen LogP contribution in [0.5, 0.6) is 0 Å². The quantitative estimate of drug-likeness (QED) is 0.0949. The second-order valence-electron chi connectivity index (χ2n) is 11.9. The van der Waals surface area contributed by atoms with Crippen molar-refractivity contribution in [3.63, 3.8) is 0 Å². The smallest absolute Gasteiger partial charge is 0.211 e. The molecule has 4 heterocycles. The zero-order valence-electron chi connectivity index (χ0n) is 24.6. The Kier molecular flexibility index (Phi) is 11.6. The van der Waals surface area contributed by atoms with Gasteiger partial charge in [-0.2, -0.15) is 0 Å². The van der Waals surface area contributed by atoms with Gasteiger partial charge in [-0.1, -0.05) is 6.08 Å². The third-order valence-electron chi connectivity index (χ3n) is 9.12. The topological polar surface area (TPSA) is 328 Å². The maximum absolute atomic E-state index is 11.3. The Morgan fingerprint density at radius 3 is 1.57 bits per heavy atom. The monoisotopic (exact) mass is 686 g/mol. The van der Waals surface area contributed by atoms with Gasteiger partial charge in [0.2, 0.25) is 6.29 Å². The standard InChI is InChI=1S/C27H42O20/c28-4-8-3-12(32)27(1-2-41-23(13(8)27)46-25-21(40)18(37)15(34)10(6-30)43-25)47-26-22(19(38)16(35)11(7-31)44-26)45-24-20(39)17(36)14(33)9(5-29)42-24/h1-3,9-26,28-40H,4-7H2/t9-,10-,11-,12-,13+,14-,15-,16-,17+,18+,19+,20-,21-,22-,23+,24+,25+,26-,27-/m0/s1. The Morgan fingerprint density at radius 1 is 0.574 bits per heavy atom. The molecule has 0 amide bonds. The van der Waals surface area contributed by atoms with E-state index in [1.807, 2.05) is 0 Å². The first-order valence-corrected chi connectivity index (χ1v) is 14.9. The van der Waals surface area contributed by atoms with E-state index in [1.54, 1.807) is 0 Å². The number of aliphatic hydroxyl groups is 13. The third kappa shape index (κ3) is 6.59. The molecule has 20 nitrogen and oxygen atoms in total. The third-order valence-corrected chi connectivity index (χ3v) is 9.12.